The zero-order valence-electron chi connectivity index (χ0n) is 17.1. The maximum absolute atomic E-state index is 13.9. The van der Waals surface area contributed by atoms with Gasteiger partial charge in [-0.2, -0.15) is 0 Å². The monoisotopic (exact) mass is 425 g/mol. The van der Waals surface area contributed by atoms with Gasteiger partial charge in [0.25, 0.3) is 0 Å². The van der Waals surface area contributed by atoms with Crippen LogP contribution in [-0.2, 0) is 11.2 Å². The van der Waals surface area contributed by atoms with Crippen molar-refractivity contribution in [2.45, 2.75) is 25.4 Å². The smallest absolute Gasteiger partial charge is 0.317 e. The minimum atomic E-state index is -0.880. The second-order valence-electron chi connectivity index (χ2n) is 7.26. The lowest BCUT2D eigenvalue weighted by molar-refractivity contribution is -0.135. The molecule has 0 aliphatic carbocycles. The molecule has 0 bridgehead atoms. The van der Waals surface area contributed by atoms with Gasteiger partial charge in [0, 0.05) is 6.42 Å². The Kier molecular flexibility index (Phi) is 8.12. The minimum absolute atomic E-state index is 0.0652. The molecule has 3 aromatic carbocycles. The van der Waals surface area contributed by atoms with E-state index in [2.05, 4.69) is 5.32 Å². The molecular weight excluding hydrogens is 400 g/mol. The fourth-order valence-electron chi connectivity index (χ4n) is 3.32. The van der Waals surface area contributed by atoms with Crippen LogP contribution in [0.4, 0.5) is 8.78 Å². The van der Waals surface area contributed by atoms with E-state index >= 15 is 0 Å². The summed E-state index contributed by atoms with van der Waals surface area (Å²) in [7, 11) is 0. The number of carbonyl (C=O) groups is 1. The zero-order chi connectivity index (χ0) is 22.1. The van der Waals surface area contributed by atoms with Crippen molar-refractivity contribution in [3.63, 3.8) is 0 Å². The SMILES string of the molecule is O=C(O)CNCCCC(Oc1ccc(Cc2cccc(F)c2F)cc1)c1ccccc1. The largest absolute Gasteiger partial charge is 0.486 e. The quantitative estimate of drug-likeness (QED) is 0.418. The lowest BCUT2D eigenvalue weighted by atomic mass is 10.0. The van der Waals surface area contributed by atoms with Crippen molar-refractivity contribution in [3.8, 4) is 5.75 Å². The molecule has 6 heteroatoms. The Balaban J connectivity index is 1.63. The Morgan fingerprint density at radius 1 is 0.968 bits per heavy atom. The van der Waals surface area contributed by atoms with Gasteiger partial charge in [-0.1, -0.05) is 54.6 Å². The Morgan fingerprint density at radius 3 is 2.42 bits per heavy atom. The topological polar surface area (TPSA) is 58.6 Å². The van der Waals surface area contributed by atoms with Gasteiger partial charge in [0.2, 0.25) is 0 Å². The summed E-state index contributed by atoms with van der Waals surface area (Å²) in [5.74, 6) is -1.87. The molecule has 0 aromatic heterocycles. The predicted molar refractivity (Wildman–Crippen MR) is 115 cm³/mol. The second kappa shape index (κ2) is 11.2. The number of nitrogens with one attached hydrogen (secondary N) is 1. The van der Waals surface area contributed by atoms with E-state index in [1.165, 1.54) is 6.07 Å². The van der Waals surface area contributed by atoms with Crippen LogP contribution in [0.2, 0.25) is 0 Å². The lowest BCUT2D eigenvalue weighted by Gasteiger charge is -2.20. The minimum Gasteiger partial charge on any atom is -0.486 e. The van der Waals surface area contributed by atoms with Crippen molar-refractivity contribution in [3.05, 3.63) is 101 Å². The molecular formula is C25H25F2NO3. The van der Waals surface area contributed by atoms with Crippen molar-refractivity contribution in [2.24, 2.45) is 0 Å². The highest BCUT2D eigenvalue weighted by Crippen LogP contribution is 2.27. The van der Waals surface area contributed by atoms with Crippen LogP contribution in [-0.4, -0.2) is 24.2 Å². The number of hydrogen-bond acceptors (Lipinski definition) is 3. The first-order valence-electron chi connectivity index (χ1n) is 10.2. The van der Waals surface area contributed by atoms with Crippen LogP contribution in [0.25, 0.3) is 0 Å². The van der Waals surface area contributed by atoms with Crippen LogP contribution in [0.1, 0.15) is 35.6 Å². The van der Waals surface area contributed by atoms with E-state index in [0.717, 1.165) is 23.6 Å². The van der Waals surface area contributed by atoms with Crippen LogP contribution in [0.15, 0.2) is 72.8 Å². The summed E-state index contributed by atoms with van der Waals surface area (Å²) in [6.07, 6.45) is 1.58. The molecule has 4 nitrogen and oxygen atoms in total. The molecule has 0 saturated carbocycles. The van der Waals surface area contributed by atoms with Crippen LogP contribution < -0.4 is 10.1 Å². The third kappa shape index (κ3) is 6.89. The van der Waals surface area contributed by atoms with Crippen LogP contribution in [0.5, 0.6) is 5.75 Å². The number of rotatable bonds is 11. The first-order valence-corrected chi connectivity index (χ1v) is 10.2. The third-order valence-corrected chi connectivity index (χ3v) is 4.90. The molecule has 0 aliphatic heterocycles. The molecule has 31 heavy (non-hydrogen) atoms. The molecule has 0 saturated heterocycles. The van der Waals surface area contributed by atoms with Gasteiger partial charge in [-0.05, 0) is 54.3 Å². The summed E-state index contributed by atoms with van der Waals surface area (Å²) in [6, 6.07) is 21.4. The van der Waals surface area contributed by atoms with Gasteiger partial charge in [-0.3, -0.25) is 4.79 Å². The number of aliphatic carboxylic acids is 1. The van der Waals surface area contributed by atoms with Crippen LogP contribution in [0, 0.1) is 11.6 Å². The fourth-order valence-corrected chi connectivity index (χ4v) is 3.32. The molecule has 3 aromatic rings. The van der Waals surface area contributed by atoms with Crippen molar-refractivity contribution in [1.82, 2.24) is 5.32 Å². The van der Waals surface area contributed by atoms with Crippen LogP contribution >= 0.6 is 0 Å². The molecule has 3 rings (SSSR count). The molecule has 0 fully saturated rings. The summed E-state index contributed by atoms with van der Waals surface area (Å²) < 4.78 is 33.5. The summed E-state index contributed by atoms with van der Waals surface area (Å²) in [6.45, 7) is 0.515. The Morgan fingerprint density at radius 2 is 1.71 bits per heavy atom. The van der Waals surface area contributed by atoms with E-state index in [1.807, 2.05) is 54.6 Å². The normalized spacial score (nSPS) is 11.8. The van der Waals surface area contributed by atoms with Gasteiger partial charge in [0.15, 0.2) is 11.6 Å². The molecule has 0 heterocycles. The molecule has 0 amide bonds. The van der Waals surface area contributed by atoms with Gasteiger partial charge >= 0.3 is 5.97 Å². The molecule has 2 N–H and O–H groups in total. The van der Waals surface area contributed by atoms with E-state index in [0.29, 0.717) is 30.7 Å². The third-order valence-electron chi connectivity index (χ3n) is 4.90. The average molecular weight is 425 g/mol. The summed E-state index contributed by atoms with van der Waals surface area (Å²) >= 11 is 0. The number of carboxylic acids is 1. The number of halogens is 2. The molecule has 1 atom stereocenters. The van der Waals surface area contributed by atoms with Gasteiger partial charge in [-0.25, -0.2) is 8.78 Å². The van der Waals surface area contributed by atoms with Crippen molar-refractivity contribution < 1.29 is 23.4 Å². The van der Waals surface area contributed by atoms with Crippen molar-refractivity contribution in [2.75, 3.05) is 13.1 Å². The first kappa shape index (κ1) is 22.4. The van der Waals surface area contributed by atoms with Gasteiger partial charge in [0.05, 0.1) is 6.54 Å². The maximum atomic E-state index is 13.9. The Bertz CT molecular complexity index is 978. The maximum Gasteiger partial charge on any atom is 0.317 e. The Labute approximate surface area is 180 Å². The summed E-state index contributed by atoms with van der Waals surface area (Å²) in [5, 5.41) is 11.6. The highest BCUT2D eigenvalue weighted by Gasteiger charge is 2.14. The zero-order valence-corrected chi connectivity index (χ0v) is 17.1. The standard InChI is InChI=1S/C25H25F2NO3/c26-22-9-4-8-20(25(22)27)16-18-11-13-21(14-12-18)31-23(19-6-2-1-3-7-19)10-5-15-28-17-24(29)30/h1-4,6-9,11-14,23,28H,5,10,15-17H2,(H,29,30). The molecule has 0 spiro atoms. The molecule has 1 unspecified atom stereocenters. The lowest BCUT2D eigenvalue weighted by Crippen LogP contribution is -2.24. The van der Waals surface area contributed by atoms with E-state index in [4.69, 9.17) is 9.84 Å². The van der Waals surface area contributed by atoms with Gasteiger partial charge < -0.3 is 15.2 Å². The average Bonchev–Trinajstić information content (AvgIpc) is 2.77. The Hall–Kier alpha value is -3.25. The van der Waals surface area contributed by atoms with Crippen LogP contribution in [0.3, 0.4) is 0 Å². The molecule has 0 radical (unpaired) electrons. The second-order valence-corrected chi connectivity index (χ2v) is 7.26. The van der Waals surface area contributed by atoms with E-state index < -0.39 is 17.6 Å². The number of benzene rings is 3. The van der Waals surface area contributed by atoms with Crippen molar-refractivity contribution >= 4 is 5.97 Å². The number of ether oxygens (including phenoxy) is 1. The summed E-state index contributed by atoms with van der Waals surface area (Å²) in [4.78, 5) is 10.6. The fraction of sp³-hybridized carbons (Fsp3) is 0.240. The number of hydrogen-bond donors (Lipinski definition) is 2. The number of carboxylic acid groups (broad SMARTS) is 1. The van der Waals surface area contributed by atoms with E-state index in [9.17, 15) is 13.6 Å². The van der Waals surface area contributed by atoms with E-state index in [1.54, 1.807) is 6.07 Å². The molecule has 162 valence electrons. The highest BCUT2D eigenvalue weighted by atomic mass is 19.2. The first-order chi connectivity index (χ1) is 15.0. The highest BCUT2D eigenvalue weighted by molar-refractivity contribution is 5.68. The summed E-state index contributed by atoms with van der Waals surface area (Å²) in [5.41, 5.74) is 2.20. The molecule has 0 aliphatic rings. The van der Waals surface area contributed by atoms with Crippen molar-refractivity contribution in [1.29, 1.82) is 0 Å². The predicted octanol–water partition coefficient (Wildman–Crippen LogP) is 5.13. The van der Waals surface area contributed by atoms with E-state index in [-0.39, 0.29) is 12.6 Å². The van der Waals surface area contributed by atoms with Gasteiger partial charge in [0.1, 0.15) is 11.9 Å². The van der Waals surface area contributed by atoms with Gasteiger partial charge in [-0.15, -0.1) is 0 Å².